The smallest absolute Gasteiger partial charge is 0.150 e. The monoisotopic (exact) mass is 287 g/mol. The van der Waals surface area contributed by atoms with Gasteiger partial charge in [0.05, 0.1) is 23.2 Å². The molecule has 19 heavy (non-hydrogen) atoms. The first-order valence-electron chi connectivity index (χ1n) is 7.55. The molecule has 0 radical (unpaired) electrons. The van der Waals surface area contributed by atoms with Crippen molar-refractivity contribution in [3.05, 3.63) is 0 Å². The molecule has 0 aromatic carbocycles. The van der Waals surface area contributed by atoms with Crippen LogP contribution in [0.3, 0.4) is 0 Å². The molecule has 0 aromatic rings. The van der Waals surface area contributed by atoms with Gasteiger partial charge in [-0.05, 0) is 50.5 Å². The summed E-state index contributed by atoms with van der Waals surface area (Å²) in [6.07, 6.45) is 8.98. The highest BCUT2D eigenvalue weighted by molar-refractivity contribution is 7.91. The Kier molecular flexibility index (Phi) is 3.43. The van der Waals surface area contributed by atoms with Crippen LogP contribution in [0.15, 0.2) is 0 Å². The van der Waals surface area contributed by atoms with Crippen LogP contribution in [0.1, 0.15) is 51.4 Å². The van der Waals surface area contributed by atoms with E-state index < -0.39 is 9.84 Å². The average molecular weight is 287 g/mol. The quantitative estimate of drug-likeness (QED) is 0.856. The van der Waals surface area contributed by atoms with Crippen LogP contribution < -0.4 is 5.73 Å². The zero-order chi connectivity index (χ0) is 13.6. The van der Waals surface area contributed by atoms with Gasteiger partial charge < -0.3 is 10.5 Å². The van der Waals surface area contributed by atoms with Gasteiger partial charge in [-0.3, -0.25) is 0 Å². The van der Waals surface area contributed by atoms with Gasteiger partial charge in [0.1, 0.15) is 0 Å². The number of sulfone groups is 1. The van der Waals surface area contributed by atoms with Crippen LogP contribution in [0.4, 0.5) is 0 Å². The fourth-order valence-electron chi connectivity index (χ4n) is 4.30. The second-order valence-electron chi connectivity index (χ2n) is 6.92. The van der Waals surface area contributed by atoms with Crippen molar-refractivity contribution in [1.29, 1.82) is 0 Å². The second-order valence-corrected chi connectivity index (χ2v) is 9.10. The van der Waals surface area contributed by atoms with Crippen LogP contribution in [0.2, 0.25) is 0 Å². The Balaban J connectivity index is 1.65. The van der Waals surface area contributed by atoms with Crippen LogP contribution in [0.25, 0.3) is 0 Å². The van der Waals surface area contributed by atoms with Crippen molar-refractivity contribution in [3.8, 4) is 0 Å². The van der Waals surface area contributed by atoms with Gasteiger partial charge in [0, 0.05) is 0 Å². The zero-order valence-electron chi connectivity index (χ0n) is 11.6. The molecule has 2 unspecified atom stereocenters. The van der Waals surface area contributed by atoms with Gasteiger partial charge in [0.15, 0.2) is 9.84 Å². The van der Waals surface area contributed by atoms with Gasteiger partial charge >= 0.3 is 0 Å². The van der Waals surface area contributed by atoms with Crippen molar-refractivity contribution in [3.63, 3.8) is 0 Å². The fraction of sp³-hybridized carbons (Fsp3) is 1.00. The van der Waals surface area contributed by atoms with Crippen molar-refractivity contribution in [2.75, 3.05) is 18.1 Å². The molecule has 3 aliphatic rings. The molecule has 110 valence electrons. The number of nitrogens with two attached hydrogens (primary N) is 1. The first-order valence-corrected chi connectivity index (χ1v) is 9.37. The van der Waals surface area contributed by atoms with Crippen molar-refractivity contribution in [2.24, 2.45) is 11.1 Å². The fourth-order valence-corrected chi connectivity index (χ4v) is 6.50. The lowest BCUT2D eigenvalue weighted by Gasteiger charge is -2.30. The summed E-state index contributed by atoms with van der Waals surface area (Å²) in [5.74, 6) is 0.575. The lowest BCUT2D eigenvalue weighted by molar-refractivity contribution is -0.0505. The Morgan fingerprint density at radius 2 is 1.89 bits per heavy atom. The molecule has 2 N–H and O–H groups in total. The third-order valence-corrected chi connectivity index (χ3v) is 7.29. The van der Waals surface area contributed by atoms with E-state index in [1.165, 1.54) is 25.7 Å². The van der Waals surface area contributed by atoms with E-state index in [1.807, 2.05) is 0 Å². The molecule has 5 heteroatoms. The summed E-state index contributed by atoms with van der Waals surface area (Å²) in [5, 5.41) is 0. The summed E-state index contributed by atoms with van der Waals surface area (Å²) >= 11 is 0. The molecule has 2 heterocycles. The van der Waals surface area contributed by atoms with E-state index in [2.05, 4.69) is 0 Å². The van der Waals surface area contributed by atoms with Crippen LogP contribution in [0, 0.1) is 5.41 Å². The van der Waals surface area contributed by atoms with Gasteiger partial charge in [0.2, 0.25) is 0 Å². The normalized spacial score (nSPS) is 40.2. The molecular weight excluding hydrogens is 262 g/mol. The van der Waals surface area contributed by atoms with E-state index in [0.717, 1.165) is 25.7 Å². The van der Waals surface area contributed by atoms with Crippen molar-refractivity contribution < 1.29 is 13.2 Å². The molecule has 0 amide bonds. The lowest BCUT2D eigenvalue weighted by atomic mass is 9.81. The van der Waals surface area contributed by atoms with Gasteiger partial charge in [-0.2, -0.15) is 0 Å². The Bertz CT molecular complexity index is 442. The second kappa shape index (κ2) is 4.71. The van der Waals surface area contributed by atoms with Crippen LogP contribution in [-0.2, 0) is 14.6 Å². The molecule has 3 rings (SSSR count). The van der Waals surface area contributed by atoms with Crippen LogP contribution in [0.5, 0.6) is 0 Å². The summed E-state index contributed by atoms with van der Waals surface area (Å²) in [6, 6.07) is 0. The largest absolute Gasteiger partial charge is 0.372 e. The van der Waals surface area contributed by atoms with E-state index in [9.17, 15) is 8.42 Å². The molecule has 2 aliphatic heterocycles. The Hall–Kier alpha value is -0.130. The molecule has 0 aromatic heterocycles. The number of ether oxygens (including phenoxy) is 1. The molecule has 3 fully saturated rings. The van der Waals surface area contributed by atoms with Gasteiger partial charge in [-0.25, -0.2) is 8.42 Å². The van der Waals surface area contributed by atoms with E-state index in [0.29, 0.717) is 12.3 Å². The first kappa shape index (κ1) is 13.8. The zero-order valence-corrected chi connectivity index (χ0v) is 12.4. The minimum Gasteiger partial charge on any atom is -0.372 e. The highest BCUT2D eigenvalue weighted by atomic mass is 32.2. The summed E-state index contributed by atoms with van der Waals surface area (Å²) < 4.78 is 29.8. The third-order valence-electron chi connectivity index (χ3n) is 5.42. The Labute approximate surface area is 116 Å². The van der Waals surface area contributed by atoms with Crippen LogP contribution in [-0.4, -0.2) is 38.2 Å². The Morgan fingerprint density at radius 1 is 1.16 bits per heavy atom. The van der Waals surface area contributed by atoms with E-state index in [4.69, 9.17) is 10.5 Å². The SMILES string of the molecule is NCC1(CC2CCC3(CCCC3)O2)CCS(=O)(=O)C1. The van der Waals surface area contributed by atoms with Crippen molar-refractivity contribution >= 4 is 9.84 Å². The molecule has 1 aliphatic carbocycles. The van der Waals surface area contributed by atoms with Crippen molar-refractivity contribution in [1.82, 2.24) is 0 Å². The maximum Gasteiger partial charge on any atom is 0.150 e. The molecule has 2 atom stereocenters. The molecule has 1 saturated carbocycles. The minimum absolute atomic E-state index is 0.137. The average Bonchev–Trinajstić information content (AvgIpc) is 3.04. The maximum absolute atomic E-state index is 11.7. The molecule has 2 saturated heterocycles. The predicted molar refractivity (Wildman–Crippen MR) is 74.7 cm³/mol. The Morgan fingerprint density at radius 3 is 2.47 bits per heavy atom. The summed E-state index contributed by atoms with van der Waals surface area (Å²) in [7, 11) is -2.87. The van der Waals surface area contributed by atoms with Gasteiger partial charge in [-0.15, -0.1) is 0 Å². The number of hydrogen-bond acceptors (Lipinski definition) is 4. The van der Waals surface area contributed by atoms with Gasteiger partial charge in [-0.1, -0.05) is 12.8 Å². The van der Waals surface area contributed by atoms with Crippen LogP contribution >= 0.6 is 0 Å². The summed E-state index contributed by atoms with van der Waals surface area (Å²) in [6.45, 7) is 0.471. The lowest BCUT2D eigenvalue weighted by Crippen LogP contribution is -2.36. The highest BCUT2D eigenvalue weighted by Gasteiger charge is 2.47. The number of hydrogen-bond donors (Lipinski definition) is 1. The standard InChI is InChI=1S/C14H25NO3S/c15-10-13(7-8-19(16,17)11-13)9-12-3-6-14(18-12)4-1-2-5-14/h12H,1-11,15H2. The van der Waals surface area contributed by atoms with E-state index in [1.54, 1.807) is 0 Å². The molecule has 1 spiro atoms. The minimum atomic E-state index is -2.87. The predicted octanol–water partition coefficient (Wildman–Crippen LogP) is 1.63. The molecular formula is C14H25NO3S. The summed E-state index contributed by atoms with van der Waals surface area (Å²) in [4.78, 5) is 0. The first-order chi connectivity index (χ1) is 8.97. The highest BCUT2D eigenvalue weighted by Crippen LogP contribution is 2.47. The van der Waals surface area contributed by atoms with Crippen molar-refractivity contribution in [2.45, 2.75) is 63.1 Å². The van der Waals surface area contributed by atoms with E-state index >= 15 is 0 Å². The molecule has 4 nitrogen and oxygen atoms in total. The van der Waals surface area contributed by atoms with Gasteiger partial charge in [0.25, 0.3) is 0 Å². The maximum atomic E-state index is 11.7. The number of rotatable bonds is 3. The van der Waals surface area contributed by atoms with E-state index in [-0.39, 0.29) is 22.9 Å². The summed E-state index contributed by atoms with van der Waals surface area (Å²) in [5.41, 5.74) is 5.82. The topological polar surface area (TPSA) is 69.4 Å². The third kappa shape index (κ3) is 2.69. The molecule has 0 bridgehead atoms.